The molecule has 0 spiro atoms. The molecule has 11 rings (SSSR count). The van der Waals surface area contributed by atoms with Crippen molar-refractivity contribution in [3.05, 3.63) is 197 Å². The first-order valence-electron chi connectivity index (χ1n) is 19.6. The minimum atomic E-state index is -0.103. The quantitative estimate of drug-likeness (QED) is 0.182. The SMILES string of the molecule is CC1c2ccccc2-c2ccccc2[C@H]1c1cc(C2=CC=CC(n3c4ccccc4c4c5c(ccc43)-c3ccccc3C5(C)C)C2)nc(-c2ccccc2)n1. The van der Waals surface area contributed by atoms with Gasteiger partial charge in [-0.1, -0.05) is 166 Å². The number of aromatic nitrogens is 3. The second-order valence-corrected chi connectivity index (χ2v) is 16.1. The van der Waals surface area contributed by atoms with E-state index in [9.17, 15) is 0 Å². The average Bonchev–Trinajstić information content (AvgIpc) is 3.69. The Labute approximate surface area is 322 Å². The van der Waals surface area contributed by atoms with Crippen molar-refractivity contribution in [2.45, 2.75) is 50.5 Å². The Bertz CT molecular complexity index is 2910. The lowest BCUT2D eigenvalue weighted by molar-refractivity contribution is 0.630. The maximum absolute atomic E-state index is 5.40. The molecule has 2 heterocycles. The van der Waals surface area contributed by atoms with Crippen molar-refractivity contribution in [1.29, 1.82) is 0 Å². The molecule has 3 nitrogen and oxygen atoms in total. The van der Waals surface area contributed by atoms with E-state index in [4.69, 9.17) is 9.97 Å². The van der Waals surface area contributed by atoms with Crippen LogP contribution in [0.3, 0.4) is 0 Å². The van der Waals surface area contributed by atoms with Crippen LogP contribution in [0.5, 0.6) is 0 Å². The molecule has 0 radical (unpaired) electrons. The number of para-hydroxylation sites is 1. The van der Waals surface area contributed by atoms with Crippen molar-refractivity contribution in [3.63, 3.8) is 0 Å². The van der Waals surface area contributed by atoms with Gasteiger partial charge in [0.05, 0.1) is 22.9 Å². The Morgan fingerprint density at radius 3 is 2.16 bits per heavy atom. The van der Waals surface area contributed by atoms with Gasteiger partial charge in [-0.3, -0.25) is 0 Å². The van der Waals surface area contributed by atoms with E-state index in [1.54, 1.807) is 0 Å². The normalized spacial score (nSPS) is 19.1. The zero-order valence-corrected chi connectivity index (χ0v) is 31.4. The summed E-state index contributed by atoms with van der Waals surface area (Å²) in [6.07, 6.45) is 7.72. The van der Waals surface area contributed by atoms with Gasteiger partial charge in [0.1, 0.15) is 0 Å². The van der Waals surface area contributed by atoms with E-state index in [1.165, 1.54) is 71.9 Å². The number of hydrogen-bond acceptors (Lipinski definition) is 2. The number of hydrogen-bond donors (Lipinski definition) is 0. The van der Waals surface area contributed by atoms with Gasteiger partial charge in [-0.2, -0.15) is 0 Å². The van der Waals surface area contributed by atoms with E-state index >= 15 is 0 Å². The van der Waals surface area contributed by atoms with Crippen molar-refractivity contribution in [3.8, 4) is 33.6 Å². The summed E-state index contributed by atoms with van der Waals surface area (Å²) in [6, 6.07) is 53.4. The maximum Gasteiger partial charge on any atom is 0.160 e. The lowest BCUT2D eigenvalue weighted by atomic mass is 9.71. The largest absolute Gasteiger partial charge is 0.333 e. The molecule has 0 bridgehead atoms. The van der Waals surface area contributed by atoms with Crippen LogP contribution < -0.4 is 0 Å². The standard InChI is InChI=1S/C52H41N3/c1-32-36-20-7-8-21-37(36)38-22-9-10-24-40(38)48(32)45-31-44(53-51(54-45)33-16-5-4-6-17-33)34-18-15-19-35(30-34)55-46-27-14-12-25-42(46)49-47(55)29-28-41-39-23-11-13-26-43(39)52(2,3)50(41)49/h4-29,31-32,35,48H,30H2,1-3H3/t32?,35?,48-/m0/s1. The second kappa shape index (κ2) is 12.1. The predicted octanol–water partition coefficient (Wildman–Crippen LogP) is 13.1. The average molecular weight is 708 g/mol. The summed E-state index contributed by atoms with van der Waals surface area (Å²) in [6.45, 7) is 7.15. The molecule has 0 saturated heterocycles. The van der Waals surface area contributed by atoms with Gasteiger partial charge >= 0.3 is 0 Å². The first-order chi connectivity index (χ1) is 27.0. The molecule has 3 aliphatic rings. The lowest BCUT2D eigenvalue weighted by Crippen LogP contribution is -2.19. The fourth-order valence-corrected chi connectivity index (χ4v) is 10.3. The Balaban J connectivity index is 1.06. The van der Waals surface area contributed by atoms with Crippen molar-refractivity contribution in [2.24, 2.45) is 0 Å². The molecule has 2 unspecified atom stereocenters. The van der Waals surface area contributed by atoms with Crippen LogP contribution in [-0.2, 0) is 5.41 Å². The van der Waals surface area contributed by atoms with Gasteiger partial charge in [-0.15, -0.1) is 0 Å². The second-order valence-electron chi connectivity index (χ2n) is 16.1. The summed E-state index contributed by atoms with van der Waals surface area (Å²) in [7, 11) is 0. The number of benzene rings is 6. The van der Waals surface area contributed by atoms with Crippen molar-refractivity contribution in [2.75, 3.05) is 0 Å². The van der Waals surface area contributed by atoms with E-state index in [0.717, 1.165) is 29.2 Å². The van der Waals surface area contributed by atoms with Crippen LogP contribution in [0.25, 0.3) is 61.0 Å². The monoisotopic (exact) mass is 707 g/mol. The zero-order valence-electron chi connectivity index (χ0n) is 31.4. The molecular weight excluding hydrogens is 667 g/mol. The summed E-state index contributed by atoms with van der Waals surface area (Å²) in [5.74, 6) is 1.12. The third-order valence-corrected chi connectivity index (χ3v) is 12.7. The third-order valence-electron chi connectivity index (χ3n) is 12.7. The molecule has 55 heavy (non-hydrogen) atoms. The first-order valence-corrected chi connectivity index (χ1v) is 19.6. The third kappa shape index (κ3) is 4.75. The molecule has 0 saturated carbocycles. The van der Waals surface area contributed by atoms with E-state index in [0.29, 0.717) is 0 Å². The highest BCUT2D eigenvalue weighted by molar-refractivity contribution is 6.13. The Morgan fingerprint density at radius 2 is 1.33 bits per heavy atom. The fourth-order valence-electron chi connectivity index (χ4n) is 10.3. The van der Waals surface area contributed by atoms with E-state index < -0.39 is 0 Å². The summed E-state index contributed by atoms with van der Waals surface area (Å²) in [4.78, 5) is 10.8. The molecule has 264 valence electrons. The van der Waals surface area contributed by atoms with Crippen molar-refractivity contribution in [1.82, 2.24) is 14.5 Å². The van der Waals surface area contributed by atoms with Crippen LogP contribution in [0.1, 0.15) is 78.7 Å². The van der Waals surface area contributed by atoms with Crippen LogP contribution in [0.15, 0.2) is 164 Å². The predicted molar refractivity (Wildman–Crippen MR) is 227 cm³/mol. The highest BCUT2D eigenvalue weighted by Gasteiger charge is 2.39. The van der Waals surface area contributed by atoms with E-state index in [1.807, 2.05) is 0 Å². The first kappa shape index (κ1) is 32.1. The number of rotatable bonds is 4. The van der Waals surface area contributed by atoms with Crippen LogP contribution >= 0.6 is 0 Å². The van der Waals surface area contributed by atoms with Gasteiger partial charge in [0.25, 0.3) is 0 Å². The van der Waals surface area contributed by atoms with Crippen LogP contribution in [-0.4, -0.2) is 14.5 Å². The van der Waals surface area contributed by atoms with Gasteiger partial charge in [0.15, 0.2) is 5.82 Å². The van der Waals surface area contributed by atoms with Crippen molar-refractivity contribution < 1.29 is 0 Å². The minimum absolute atomic E-state index is 0.0951. The molecule has 0 amide bonds. The summed E-state index contributed by atoms with van der Waals surface area (Å²) in [5.41, 5.74) is 17.7. The van der Waals surface area contributed by atoms with E-state index in [2.05, 4.69) is 189 Å². The highest BCUT2D eigenvalue weighted by Crippen LogP contribution is 2.54. The smallest absolute Gasteiger partial charge is 0.160 e. The van der Waals surface area contributed by atoms with Crippen LogP contribution in [0, 0.1) is 0 Å². The van der Waals surface area contributed by atoms with Crippen LogP contribution in [0.4, 0.5) is 0 Å². The number of fused-ring (bicyclic) bond motifs is 10. The molecule has 3 heteroatoms. The fraction of sp³-hybridized carbons (Fsp3) is 0.154. The molecule has 0 aliphatic heterocycles. The summed E-state index contributed by atoms with van der Waals surface area (Å²) < 4.78 is 2.59. The Morgan fingerprint density at radius 1 is 0.636 bits per heavy atom. The molecule has 3 atom stereocenters. The lowest BCUT2D eigenvalue weighted by Gasteiger charge is -2.33. The molecule has 0 N–H and O–H groups in total. The van der Waals surface area contributed by atoms with Crippen LogP contribution in [0.2, 0.25) is 0 Å². The van der Waals surface area contributed by atoms with Crippen molar-refractivity contribution >= 4 is 27.4 Å². The maximum atomic E-state index is 5.40. The van der Waals surface area contributed by atoms with Gasteiger partial charge < -0.3 is 4.57 Å². The van der Waals surface area contributed by atoms with Gasteiger partial charge in [-0.05, 0) is 80.6 Å². The molecule has 0 fully saturated rings. The summed E-state index contributed by atoms with van der Waals surface area (Å²) >= 11 is 0. The Hall–Kier alpha value is -6.32. The molecule has 2 aromatic heterocycles. The number of nitrogens with zero attached hydrogens (tertiary/aromatic N) is 3. The van der Waals surface area contributed by atoms with Gasteiger partial charge in [0.2, 0.25) is 0 Å². The topological polar surface area (TPSA) is 30.7 Å². The van der Waals surface area contributed by atoms with Gasteiger partial charge in [-0.25, -0.2) is 9.97 Å². The summed E-state index contributed by atoms with van der Waals surface area (Å²) in [5, 5.41) is 2.69. The minimum Gasteiger partial charge on any atom is -0.333 e. The molecule has 8 aromatic rings. The molecular formula is C52H41N3. The number of allylic oxidation sites excluding steroid dienone is 4. The van der Waals surface area contributed by atoms with Gasteiger partial charge in [0, 0.05) is 33.2 Å². The van der Waals surface area contributed by atoms with E-state index in [-0.39, 0.29) is 23.3 Å². The highest BCUT2D eigenvalue weighted by atomic mass is 15.0. The Kier molecular flexibility index (Phi) is 7.07. The molecule has 3 aliphatic carbocycles. The zero-order chi connectivity index (χ0) is 36.8. The molecule has 6 aromatic carbocycles.